The topological polar surface area (TPSA) is 83.4 Å². The first-order valence-electron chi connectivity index (χ1n) is 9.16. The van der Waals surface area contributed by atoms with Crippen LogP contribution in [0.3, 0.4) is 0 Å². The van der Waals surface area contributed by atoms with Crippen molar-refractivity contribution in [2.24, 2.45) is 5.10 Å². The van der Waals surface area contributed by atoms with Crippen LogP contribution < -0.4 is 10.1 Å². The van der Waals surface area contributed by atoms with E-state index in [1.54, 1.807) is 26.2 Å². The summed E-state index contributed by atoms with van der Waals surface area (Å²) >= 11 is 5.83. The summed E-state index contributed by atoms with van der Waals surface area (Å²) in [6, 6.07) is 9.04. The van der Waals surface area contributed by atoms with Gasteiger partial charge in [0.05, 0.1) is 21.9 Å². The molecule has 10 heteroatoms. The van der Waals surface area contributed by atoms with Gasteiger partial charge in [-0.15, -0.1) is 0 Å². The number of pyridine rings is 1. The van der Waals surface area contributed by atoms with E-state index in [1.807, 2.05) is 0 Å². The first-order chi connectivity index (χ1) is 15.2. The molecule has 0 bridgehead atoms. The molecule has 0 fully saturated rings. The zero-order valence-electron chi connectivity index (χ0n) is 16.9. The molecule has 0 saturated heterocycles. The molecular formula is C22H17ClF2N4O2S. The molecule has 3 aromatic rings. The van der Waals surface area contributed by atoms with E-state index in [2.05, 4.69) is 32.1 Å². The van der Waals surface area contributed by atoms with Gasteiger partial charge in [-0.25, -0.2) is 17.2 Å². The highest BCUT2D eigenvalue weighted by Gasteiger charge is 2.19. The van der Waals surface area contributed by atoms with Gasteiger partial charge in [-0.3, -0.25) is 9.71 Å². The number of sulfonamides is 1. The molecule has 0 saturated carbocycles. The Morgan fingerprint density at radius 2 is 1.91 bits per heavy atom. The van der Waals surface area contributed by atoms with Gasteiger partial charge >= 0.3 is 0 Å². The molecular weight excluding hydrogens is 458 g/mol. The van der Waals surface area contributed by atoms with Crippen molar-refractivity contribution >= 4 is 33.0 Å². The number of hydrogen-bond acceptors (Lipinski definition) is 5. The molecule has 2 N–H and O–H groups in total. The Balaban J connectivity index is 1.95. The average Bonchev–Trinajstić information content (AvgIpc) is 2.76. The van der Waals surface area contributed by atoms with Crippen LogP contribution in [0.2, 0.25) is 5.02 Å². The molecule has 164 valence electrons. The van der Waals surface area contributed by atoms with Gasteiger partial charge in [-0.05, 0) is 43.3 Å². The summed E-state index contributed by atoms with van der Waals surface area (Å²) in [5.41, 5.74) is 3.36. The Morgan fingerprint density at radius 3 is 2.62 bits per heavy atom. The van der Waals surface area contributed by atoms with E-state index < -0.39 is 32.9 Å². The number of halogens is 3. The molecule has 32 heavy (non-hydrogen) atoms. The number of hydrogen-bond donors (Lipinski definition) is 2. The summed E-state index contributed by atoms with van der Waals surface area (Å²) in [6.45, 7) is 1.76. The van der Waals surface area contributed by atoms with E-state index >= 15 is 0 Å². The highest BCUT2D eigenvalue weighted by Crippen LogP contribution is 2.24. The molecule has 0 aliphatic heterocycles. The van der Waals surface area contributed by atoms with Crippen molar-refractivity contribution in [2.75, 3.05) is 11.8 Å². The average molecular weight is 475 g/mol. The lowest BCUT2D eigenvalue weighted by Crippen LogP contribution is -2.14. The Hall–Kier alpha value is -3.48. The van der Waals surface area contributed by atoms with Crippen molar-refractivity contribution in [1.29, 1.82) is 0 Å². The van der Waals surface area contributed by atoms with E-state index in [-0.39, 0.29) is 9.92 Å². The molecule has 0 atom stereocenters. The van der Waals surface area contributed by atoms with Crippen molar-refractivity contribution in [3.05, 3.63) is 88.2 Å². The van der Waals surface area contributed by atoms with E-state index in [0.29, 0.717) is 16.8 Å². The maximum absolute atomic E-state index is 14.9. The van der Waals surface area contributed by atoms with Crippen LogP contribution in [0.1, 0.15) is 23.6 Å². The number of anilines is 1. The number of nitrogens with one attached hydrogen (secondary N) is 2. The third-order valence-electron chi connectivity index (χ3n) is 4.21. The summed E-state index contributed by atoms with van der Waals surface area (Å²) in [5, 5.41) is 4.24. The van der Waals surface area contributed by atoms with E-state index in [4.69, 9.17) is 11.6 Å². The van der Waals surface area contributed by atoms with E-state index in [9.17, 15) is 17.2 Å². The van der Waals surface area contributed by atoms with Gasteiger partial charge in [-0.2, -0.15) is 5.10 Å². The molecule has 1 aromatic heterocycles. The van der Waals surface area contributed by atoms with Crippen molar-refractivity contribution in [2.45, 2.75) is 11.8 Å². The lowest BCUT2D eigenvalue weighted by Gasteiger charge is -2.10. The minimum Gasteiger partial charge on any atom is -0.313 e. The van der Waals surface area contributed by atoms with E-state index in [1.165, 1.54) is 30.5 Å². The predicted molar refractivity (Wildman–Crippen MR) is 120 cm³/mol. The third kappa shape index (κ3) is 5.41. The van der Waals surface area contributed by atoms with Crippen LogP contribution >= 0.6 is 11.6 Å². The molecule has 0 aliphatic rings. The zero-order chi connectivity index (χ0) is 23.3. The monoisotopic (exact) mass is 474 g/mol. The Bertz CT molecular complexity index is 1370. The lowest BCUT2D eigenvalue weighted by atomic mass is 10.1. The fourth-order valence-electron chi connectivity index (χ4n) is 2.66. The minimum absolute atomic E-state index is 0.164. The number of aromatic nitrogens is 1. The normalized spacial score (nSPS) is 11.5. The molecule has 3 rings (SSSR count). The van der Waals surface area contributed by atoms with Gasteiger partial charge in [0.25, 0.3) is 10.0 Å². The second-order valence-corrected chi connectivity index (χ2v) is 8.60. The van der Waals surface area contributed by atoms with E-state index in [0.717, 1.165) is 12.1 Å². The number of nitrogens with zero attached hydrogens (tertiary/aromatic N) is 2. The van der Waals surface area contributed by atoms with Crippen LogP contribution in [0.15, 0.2) is 64.9 Å². The third-order valence-corrected chi connectivity index (χ3v) is 5.81. The quantitative estimate of drug-likeness (QED) is 0.330. The highest BCUT2D eigenvalue weighted by molar-refractivity contribution is 7.92. The summed E-state index contributed by atoms with van der Waals surface area (Å²) < 4.78 is 56.4. The minimum atomic E-state index is -4.15. The zero-order valence-corrected chi connectivity index (χ0v) is 18.5. The van der Waals surface area contributed by atoms with Crippen molar-refractivity contribution in [1.82, 2.24) is 10.4 Å². The Morgan fingerprint density at radius 1 is 1.12 bits per heavy atom. The first-order valence-corrected chi connectivity index (χ1v) is 11.0. The van der Waals surface area contributed by atoms with Crippen LogP contribution in [0.4, 0.5) is 14.5 Å². The van der Waals surface area contributed by atoms with Crippen molar-refractivity contribution in [3.8, 4) is 11.8 Å². The summed E-state index contributed by atoms with van der Waals surface area (Å²) in [7, 11) is -2.50. The van der Waals surface area contributed by atoms with Crippen molar-refractivity contribution in [3.63, 3.8) is 0 Å². The highest BCUT2D eigenvalue weighted by atomic mass is 35.5. The van der Waals surface area contributed by atoms with Crippen LogP contribution in [-0.4, -0.2) is 26.2 Å². The molecule has 0 unspecified atom stereocenters. The number of benzene rings is 2. The SMILES string of the molecule is CN/N=C(/C)c1cncc(C#Cc2c(F)ccc(NS(=O)(=O)c3cccc(Cl)c3)c2F)c1. The van der Waals surface area contributed by atoms with Gasteiger partial charge in [0.1, 0.15) is 5.82 Å². The van der Waals surface area contributed by atoms with Gasteiger partial charge in [0.15, 0.2) is 5.82 Å². The largest absolute Gasteiger partial charge is 0.313 e. The van der Waals surface area contributed by atoms with Gasteiger partial charge in [0.2, 0.25) is 0 Å². The summed E-state index contributed by atoms with van der Waals surface area (Å²) in [6.07, 6.45) is 3.01. The number of hydrazone groups is 1. The molecule has 1 heterocycles. The molecule has 6 nitrogen and oxygen atoms in total. The molecule has 0 aliphatic carbocycles. The molecule has 2 aromatic carbocycles. The van der Waals surface area contributed by atoms with Crippen LogP contribution in [0, 0.1) is 23.5 Å². The predicted octanol–water partition coefficient (Wildman–Crippen LogP) is 4.16. The van der Waals surface area contributed by atoms with Crippen LogP contribution in [0.25, 0.3) is 0 Å². The smallest absolute Gasteiger partial charge is 0.262 e. The fourth-order valence-corrected chi connectivity index (χ4v) is 4.02. The van der Waals surface area contributed by atoms with Crippen LogP contribution in [-0.2, 0) is 10.0 Å². The number of rotatable bonds is 5. The fraction of sp³-hybridized carbons (Fsp3) is 0.0909. The molecule has 0 amide bonds. The molecule has 0 spiro atoms. The van der Waals surface area contributed by atoms with Crippen molar-refractivity contribution < 1.29 is 17.2 Å². The standard InChI is InChI=1S/C22H17ClF2N4O2S/c1-14(28-26-2)16-10-15(12-27-13-16)6-7-19-20(24)8-9-21(22(19)25)29-32(30,31)18-5-3-4-17(23)11-18/h3-5,8-13,26,29H,1-2H3/b28-14-. The van der Waals surface area contributed by atoms with Gasteiger partial charge in [0, 0.05) is 35.6 Å². The first kappa shape index (κ1) is 23.2. The lowest BCUT2D eigenvalue weighted by molar-refractivity contribution is 0.578. The van der Waals surface area contributed by atoms with Gasteiger partial charge in [-0.1, -0.05) is 29.5 Å². The summed E-state index contributed by atoms with van der Waals surface area (Å²) in [4.78, 5) is 3.89. The summed E-state index contributed by atoms with van der Waals surface area (Å²) in [5.74, 6) is 2.99. The Kier molecular flexibility index (Phi) is 7.08. The maximum Gasteiger partial charge on any atom is 0.262 e. The second-order valence-electron chi connectivity index (χ2n) is 6.48. The maximum atomic E-state index is 14.9. The van der Waals surface area contributed by atoms with Gasteiger partial charge < -0.3 is 5.43 Å². The Labute approximate surface area is 189 Å². The second kappa shape index (κ2) is 9.77. The molecule has 0 radical (unpaired) electrons. The van der Waals surface area contributed by atoms with Crippen LogP contribution in [0.5, 0.6) is 0 Å².